The monoisotopic (exact) mass is 268 g/mol. The molecule has 0 unspecified atom stereocenters. The minimum absolute atomic E-state index is 0.520. The molecule has 2 aromatic carbocycles. The molecular formula is C18H24N2. The zero-order valence-corrected chi connectivity index (χ0v) is 12.6. The van der Waals surface area contributed by atoms with Crippen LogP contribution in [0.5, 0.6) is 0 Å². The van der Waals surface area contributed by atoms with Crippen molar-refractivity contribution >= 4 is 11.4 Å². The molecule has 0 bridgehead atoms. The number of hydrogen-bond acceptors (Lipinski definition) is 2. The van der Waals surface area contributed by atoms with Crippen molar-refractivity contribution < 1.29 is 0 Å². The first-order valence-electron chi connectivity index (χ1n) is 7.35. The third kappa shape index (κ3) is 3.84. The smallest absolute Gasteiger partial charge is 0.0410 e. The van der Waals surface area contributed by atoms with E-state index in [1.54, 1.807) is 0 Å². The van der Waals surface area contributed by atoms with E-state index in [4.69, 9.17) is 0 Å². The summed E-state index contributed by atoms with van der Waals surface area (Å²) in [6.07, 6.45) is 0. The molecule has 0 aliphatic heterocycles. The molecule has 0 spiro atoms. The van der Waals surface area contributed by atoms with Crippen molar-refractivity contribution in [3.63, 3.8) is 0 Å². The van der Waals surface area contributed by atoms with Gasteiger partial charge in [0.2, 0.25) is 0 Å². The van der Waals surface area contributed by atoms with Crippen molar-refractivity contribution in [2.75, 3.05) is 11.4 Å². The fourth-order valence-corrected chi connectivity index (χ4v) is 2.24. The minimum atomic E-state index is 0.520. The third-order valence-electron chi connectivity index (χ3n) is 3.35. The molecule has 0 aliphatic rings. The number of para-hydroxylation sites is 1. The Hall–Kier alpha value is -1.80. The summed E-state index contributed by atoms with van der Waals surface area (Å²) in [6.45, 7) is 8.41. The van der Waals surface area contributed by atoms with Gasteiger partial charge in [0.05, 0.1) is 0 Å². The first kappa shape index (κ1) is 14.6. The van der Waals surface area contributed by atoms with Crippen LogP contribution < -0.4 is 10.2 Å². The Kier molecular flexibility index (Phi) is 5.19. The Labute approximate surface area is 122 Å². The Balaban J connectivity index is 2.11. The highest BCUT2D eigenvalue weighted by molar-refractivity contribution is 5.63. The molecule has 0 saturated heterocycles. The summed E-state index contributed by atoms with van der Waals surface area (Å²) < 4.78 is 0. The fourth-order valence-electron chi connectivity index (χ4n) is 2.24. The summed E-state index contributed by atoms with van der Waals surface area (Å²) >= 11 is 0. The molecule has 0 amide bonds. The van der Waals surface area contributed by atoms with E-state index in [9.17, 15) is 0 Å². The highest BCUT2D eigenvalue weighted by atomic mass is 15.1. The molecule has 0 aromatic heterocycles. The second-order valence-electron chi connectivity index (χ2n) is 5.28. The minimum Gasteiger partial charge on any atom is -0.342 e. The van der Waals surface area contributed by atoms with Gasteiger partial charge in [-0.15, -0.1) is 0 Å². The lowest BCUT2D eigenvalue weighted by Crippen LogP contribution is -2.21. The summed E-state index contributed by atoms with van der Waals surface area (Å²) in [5.41, 5.74) is 3.81. The highest BCUT2D eigenvalue weighted by Gasteiger charge is 2.06. The van der Waals surface area contributed by atoms with Crippen LogP contribution in [-0.2, 0) is 6.54 Å². The van der Waals surface area contributed by atoms with Crippen LogP contribution in [0.25, 0.3) is 0 Å². The number of nitrogens with zero attached hydrogens (tertiary/aromatic N) is 1. The van der Waals surface area contributed by atoms with Gasteiger partial charge in [0.1, 0.15) is 0 Å². The van der Waals surface area contributed by atoms with E-state index >= 15 is 0 Å². The van der Waals surface area contributed by atoms with Crippen LogP contribution in [0.15, 0.2) is 54.6 Å². The Bertz CT molecular complexity index is 503. The van der Waals surface area contributed by atoms with Crippen LogP contribution in [0.4, 0.5) is 11.4 Å². The number of rotatable bonds is 6. The van der Waals surface area contributed by atoms with Gasteiger partial charge in [-0.25, -0.2) is 0 Å². The third-order valence-corrected chi connectivity index (χ3v) is 3.35. The van der Waals surface area contributed by atoms with E-state index in [-0.39, 0.29) is 0 Å². The van der Waals surface area contributed by atoms with Crippen LogP contribution in [-0.4, -0.2) is 12.6 Å². The van der Waals surface area contributed by atoms with Crippen LogP contribution in [0.2, 0.25) is 0 Å². The van der Waals surface area contributed by atoms with E-state index < -0.39 is 0 Å². The fraction of sp³-hybridized carbons (Fsp3) is 0.333. The van der Waals surface area contributed by atoms with Crippen LogP contribution in [0, 0.1) is 0 Å². The van der Waals surface area contributed by atoms with Crippen molar-refractivity contribution in [1.82, 2.24) is 5.32 Å². The summed E-state index contributed by atoms with van der Waals surface area (Å²) in [7, 11) is 0. The molecule has 0 fully saturated rings. The molecule has 0 atom stereocenters. The molecule has 2 rings (SSSR count). The maximum atomic E-state index is 3.44. The van der Waals surface area contributed by atoms with Crippen molar-refractivity contribution in [2.45, 2.75) is 33.4 Å². The van der Waals surface area contributed by atoms with Crippen LogP contribution in [0.3, 0.4) is 0 Å². The Morgan fingerprint density at radius 1 is 0.900 bits per heavy atom. The van der Waals surface area contributed by atoms with Crippen LogP contribution >= 0.6 is 0 Å². The summed E-state index contributed by atoms with van der Waals surface area (Å²) in [5.74, 6) is 0. The summed E-state index contributed by atoms with van der Waals surface area (Å²) in [4.78, 5) is 2.32. The topological polar surface area (TPSA) is 15.3 Å². The maximum Gasteiger partial charge on any atom is 0.0410 e. The predicted molar refractivity (Wildman–Crippen MR) is 87.5 cm³/mol. The molecule has 2 nitrogen and oxygen atoms in total. The molecule has 0 radical (unpaired) electrons. The van der Waals surface area contributed by atoms with E-state index in [0.717, 1.165) is 13.1 Å². The second kappa shape index (κ2) is 7.11. The average molecular weight is 268 g/mol. The lowest BCUT2D eigenvalue weighted by Gasteiger charge is -2.23. The number of anilines is 2. The van der Waals surface area contributed by atoms with Gasteiger partial charge in [0.25, 0.3) is 0 Å². The van der Waals surface area contributed by atoms with E-state index in [0.29, 0.717) is 6.04 Å². The molecule has 20 heavy (non-hydrogen) atoms. The summed E-state index contributed by atoms with van der Waals surface area (Å²) in [6, 6.07) is 19.9. The number of benzene rings is 2. The van der Waals surface area contributed by atoms with Crippen LogP contribution in [0.1, 0.15) is 26.3 Å². The van der Waals surface area contributed by atoms with Gasteiger partial charge in [0, 0.05) is 30.5 Å². The van der Waals surface area contributed by atoms with Gasteiger partial charge >= 0.3 is 0 Å². The highest BCUT2D eigenvalue weighted by Crippen LogP contribution is 2.24. The van der Waals surface area contributed by atoms with E-state index in [1.807, 2.05) is 0 Å². The van der Waals surface area contributed by atoms with Crippen molar-refractivity contribution in [3.05, 3.63) is 60.2 Å². The van der Waals surface area contributed by atoms with Gasteiger partial charge in [-0.2, -0.15) is 0 Å². The van der Waals surface area contributed by atoms with Crippen molar-refractivity contribution in [2.24, 2.45) is 0 Å². The summed E-state index contributed by atoms with van der Waals surface area (Å²) in [5, 5.41) is 3.44. The number of hydrogen-bond donors (Lipinski definition) is 1. The Morgan fingerprint density at radius 3 is 2.05 bits per heavy atom. The molecule has 106 valence electrons. The Morgan fingerprint density at radius 2 is 1.50 bits per heavy atom. The average Bonchev–Trinajstić information content (AvgIpc) is 2.48. The van der Waals surface area contributed by atoms with Gasteiger partial charge in [-0.05, 0) is 36.8 Å². The van der Waals surface area contributed by atoms with Crippen molar-refractivity contribution in [3.8, 4) is 0 Å². The van der Waals surface area contributed by atoms with Gasteiger partial charge in [-0.1, -0.05) is 44.2 Å². The standard InChI is InChI=1S/C18H24N2/c1-4-20(17-8-6-5-7-9-17)18-12-10-16(11-13-18)14-19-15(2)3/h5-13,15,19H,4,14H2,1-3H3. The quantitative estimate of drug-likeness (QED) is 0.838. The first-order valence-corrected chi connectivity index (χ1v) is 7.35. The SMILES string of the molecule is CCN(c1ccccc1)c1ccc(CNC(C)C)cc1. The zero-order valence-electron chi connectivity index (χ0n) is 12.6. The molecule has 2 heteroatoms. The molecule has 0 heterocycles. The van der Waals surface area contributed by atoms with Crippen molar-refractivity contribution in [1.29, 1.82) is 0 Å². The lowest BCUT2D eigenvalue weighted by atomic mass is 10.1. The van der Waals surface area contributed by atoms with Gasteiger partial charge in [0.15, 0.2) is 0 Å². The van der Waals surface area contributed by atoms with Gasteiger partial charge < -0.3 is 10.2 Å². The predicted octanol–water partition coefficient (Wildman–Crippen LogP) is 4.34. The zero-order chi connectivity index (χ0) is 14.4. The van der Waals surface area contributed by atoms with E-state index in [2.05, 4.69) is 85.6 Å². The normalized spacial score (nSPS) is 10.8. The lowest BCUT2D eigenvalue weighted by molar-refractivity contribution is 0.589. The molecule has 2 aromatic rings. The number of nitrogens with one attached hydrogen (secondary N) is 1. The first-order chi connectivity index (χ1) is 9.70. The van der Waals surface area contributed by atoms with E-state index in [1.165, 1.54) is 16.9 Å². The molecular weight excluding hydrogens is 244 g/mol. The molecule has 0 aliphatic carbocycles. The second-order valence-corrected chi connectivity index (χ2v) is 5.28. The van der Waals surface area contributed by atoms with Gasteiger partial charge in [-0.3, -0.25) is 0 Å². The molecule has 1 N–H and O–H groups in total. The maximum absolute atomic E-state index is 3.44. The molecule has 0 saturated carbocycles. The largest absolute Gasteiger partial charge is 0.342 e.